The van der Waals surface area contributed by atoms with Crippen LogP contribution in [0.3, 0.4) is 0 Å². The van der Waals surface area contributed by atoms with E-state index in [0.29, 0.717) is 35.8 Å². The summed E-state index contributed by atoms with van der Waals surface area (Å²) in [6, 6.07) is 14.3. The van der Waals surface area contributed by atoms with Gasteiger partial charge in [0.15, 0.2) is 0 Å². The van der Waals surface area contributed by atoms with Crippen molar-refractivity contribution in [2.24, 2.45) is 5.92 Å². The van der Waals surface area contributed by atoms with Gasteiger partial charge in [-0.2, -0.15) is 4.31 Å². The second-order valence-electron chi connectivity index (χ2n) is 7.67. The van der Waals surface area contributed by atoms with Gasteiger partial charge in [0, 0.05) is 31.1 Å². The van der Waals surface area contributed by atoms with Gasteiger partial charge < -0.3 is 4.90 Å². The first-order valence-electron chi connectivity index (χ1n) is 9.79. The highest BCUT2D eigenvalue weighted by molar-refractivity contribution is 7.89. The highest BCUT2D eigenvalue weighted by atomic mass is 35.5. The molecule has 1 heterocycles. The molecule has 2 aromatic carbocycles. The van der Waals surface area contributed by atoms with E-state index in [0.717, 1.165) is 11.1 Å². The van der Waals surface area contributed by atoms with E-state index < -0.39 is 10.0 Å². The van der Waals surface area contributed by atoms with Crippen molar-refractivity contribution in [3.8, 4) is 0 Å². The number of aryl methyl sites for hydroxylation is 1. The van der Waals surface area contributed by atoms with Gasteiger partial charge in [0.05, 0.1) is 10.9 Å². The monoisotopic (exact) mass is 434 g/mol. The van der Waals surface area contributed by atoms with Gasteiger partial charge in [-0.1, -0.05) is 41.4 Å². The maximum absolute atomic E-state index is 13.0. The molecular formula is C22H27ClN2O3S. The molecule has 1 fully saturated rings. The van der Waals surface area contributed by atoms with Crippen molar-refractivity contribution < 1.29 is 13.2 Å². The van der Waals surface area contributed by atoms with Crippen LogP contribution in [0.4, 0.5) is 0 Å². The van der Waals surface area contributed by atoms with E-state index in [-0.39, 0.29) is 17.9 Å². The molecule has 0 aliphatic carbocycles. The third-order valence-electron chi connectivity index (χ3n) is 5.74. The van der Waals surface area contributed by atoms with Crippen LogP contribution in [0.15, 0.2) is 53.4 Å². The van der Waals surface area contributed by atoms with Crippen molar-refractivity contribution in [1.29, 1.82) is 0 Å². The Hall–Kier alpha value is -1.89. The predicted molar refractivity (Wildman–Crippen MR) is 115 cm³/mol. The molecule has 0 radical (unpaired) electrons. The van der Waals surface area contributed by atoms with E-state index in [9.17, 15) is 13.2 Å². The lowest BCUT2D eigenvalue weighted by molar-refractivity contribution is -0.137. The number of rotatable bonds is 5. The van der Waals surface area contributed by atoms with Crippen LogP contribution >= 0.6 is 11.6 Å². The molecule has 0 spiro atoms. The molecule has 1 aliphatic rings. The van der Waals surface area contributed by atoms with Crippen molar-refractivity contribution in [2.45, 2.75) is 37.6 Å². The average Bonchev–Trinajstić information content (AvgIpc) is 2.73. The zero-order valence-corrected chi connectivity index (χ0v) is 18.6. The molecule has 0 N–H and O–H groups in total. The van der Waals surface area contributed by atoms with E-state index in [1.165, 1.54) is 4.31 Å². The number of benzene rings is 2. The fourth-order valence-corrected chi connectivity index (χ4v) is 5.24. The first kappa shape index (κ1) is 21.8. The Bertz CT molecular complexity index is 951. The fraction of sp³-hybridized carbons (Fsp3) is 0.409. The summed E-state index contributed by atoms with van der Waals surface area (Å²) < 4.78 is 27.2. The maximum atomic E-state index is 13.0. The molecule has 0 bridgehead atoms. The van der Waals surface area contributed by atoms with Crippen LogP contribution in [-0.4, -0.2) is 43.7 Å². The lowest BCUT2D eigenvalue weighted by Crippen LogP contribution is -2.43. The Kier molecular flexibility index (Phi) is 6.66. The van der Waals surface area contributed by atoms with Crippen molar-refractivity contribution >= 4 is 27.5 Å². The number of carbonyl (C=O) groups is 1. The fourth-order valence-electron chi connectivity index (χ4n) is 3.65. The molecule has 1 aliphatic heterocycles. The van der Waals surface area contributed by atoms with E-state index in [2.05, 4.69) is 0 Å². The molecule has 0 aromatic heterocycles. The van der Waals surface area contributed by atoms with Crippen LogP contribution in [0.2, 0.25) is 5.02 Å². The molecule has 5 nitrogen and oxygen atoms in total. The summed E-state index contributed by atoms with van der Waals surface area (Å²) in [5.74, 6) is -0.112. The maximum Gasteiger partial charge on any atom is 0.243 e. The van der Waals surface area contributed by atoms with Gasteiger partial charge in [0.1, 0.15) is 0 Å². The van der Waals surface area contributed by atoms with Crippen LogP contribution in [0.25, 0.3) is 0 Å². The lowest BCUT2D eigenvalue weighted by atomic mass is 9.95. The number of carbonyl (C=O) groups excluding carboxylic acids is 1. The number of hydrogen-bond donors (Lipinski definition) is 0. The summed E-state index contributed by atoms with van der Waals surface area (Å²) in [6.45, 7) is 4.62. The van der Waals surface area contributed by atoms with E-state index in [1.54, 1.807) is 36.2 Å². The minimum Gasteiger partial charge on any atom is -0.339 e. The van der Waals surface area contributed by atoms with Crippen LogP contribution in [0, 0.1) is 12.8 Å². The summed E-state index contributed by atoms with van der Waals surface area (Å²) in [7, 11) is -1.71. The quantitative estimate of drug-likeness (QED) is 0.706. The molecule has 156 valence electrons. The first-order valence-corrected chi connectivity index (χ1v) is 11.6. The van der Waals surface area contributed by atoms with Gasteiger partial charge in [0.25, 0.3) is 0 Å². The van der Waals surface area contributed by atoms with Crippen LogP contribution < -0.4 is 0 Å². The van der Waals surface area contributed by atoms with Crippen molar-refractivity contribution in [3.63, 3.8) is 0 Å². The number of piperidine rings is 1. The van der Waals surface area contributed by atoms with Crippen LogP contribution in [-0.2, 0) is 14.8 Å². The first-order chi connectivity index (χ1) is 13.7. The van der Waals surface area contributed by atoms with Crippen LogP contribution in [0.5, 0.6) is 0 Å². The molecule has 2 aromatic rings. The van der Waals surface area contributed by atoms with Crippen molar-refractivity contribution in [2.75, 3.05) is 20.1 Å². The largest absolute Gasteiger partial charge is 0.339 e. The Morgan fingerprint density at radius 3 is 2.17 bits per heavy atom. The number of nitrogens with zero attached hydrogens (tertiary/aromatic N) is 2. The summed E-state index contributed by atoms with van der Waals surface area (Å²) in [5, 5.41) is 0.664. The molecule has 0 saturated carbocycles. The number of hydrogen-bond acceptors (Lipinski definition) is 3. The Morgan fingerprint density at radius 2 is 1.62 bits per heavy atom. The lowest BCUT2D eigenvalue weighted by Gasteiger charge is -2.34. The van der Waals surface area contributed by atoms with Gasteiger partial charge in [-0.15, -0.1) is 0 Å². The summed E-state index contributed by atoms with van der Waals surface area (Å²) in [4.78, 5) is 15.0. The summed E-state index contributed by atoms with van der Waals surface area (Å²) in [6.07, 6.45) is 1.06. The van der Waals surface area contributed by atoms with Gasteiger partial charge in [-0.3, -0.25) is 4.79 Å². The Labute approximate surface area is 178 Å². The van der Waals surface area contributed by atoms with Crippen molar-refractivity contribution in [1.82, 2.24) is 9.21 Å². The normalized spacial score (nSPS) is 17.1. The number of halogens is 1. The third-order valence-corrected chi connectivity index (χ3v) is 7.91. The van der Waals surface area contributed by atoms with E-state index in [1.807, 2.05) is 38.1 Å². The highest BCUT2D eigenvalue weighted by Gasteiger charge is 2.34. The highest BCUT2D eigenvalue weighted by Crippen LogP contribution is 2.28. The topological polar surface area (TPSA) is 57.7 Å². The minimum absolute atomic E-state index is 0.0554. The van der Waals surface area contributed by atoms with Gasteiger partial charge in [0.2, 0.25) is 15.9 Å². The molecule has 3 rings (SSSR count). The van der Waals surface area contributed by atoms with Crippen molar-refractivity contribution in [3.05, 3.63) is 64.7 Å². The summed E-state index contributed by atoms with van der Waals surface area (Å²) in [5.41, 5.74) is 2.04. The number of amides is 1. The molecule has 1 saturated heterocycles. The molecule has 1 unspecified atom stereocenters. The van der Waals surface area contributed by atoms with Crippen LogP contribution in [0.1, 0.15) is 36.9 Å². The molecule has 29 heavy (non-hydrogen) atoms. The number of sulfonamides is 1. The minimum atomic E-state index is -3.52. The van der Waals surface area contributed by atoms with Gasteiger partial charge in [-0.25, -0.2) is 8.42 Å². The standard InChI is InChI=1S/C22H27ClN2O3S/c1-16-4-10-21(11-5-16)29(27,28)25-14-12-19(13-15-25)22(26)24(3)17(2)18-6-8-20(23)9-7-18/h4-11,17,19H,12-15H2,1-3H3. The molecule has 7 heteroatoms. The zero-order valence-electron chi connectivity index (χ0n) is 17.0. The third kappa shape index (κ3) is 4.82. The molecule has 1 amide bonds. The second-order valence-corrected chi connectivity index (χ2v) is 10.0. The summed E-state index contributed by atoms with van der Waals surface area (Å²) >= 11 is 5.95. The van der Waals surface area contributed by atoms with E-state index >= 15 is 0 Å². The van der Waals surface area contributed by atoms with Gasteiger partial charge >= 0.3 is 0 Å². The average molecular weight is 435 g/mol. The molecule has 1 atom stereocenters. The Morgan fingerprint density at radius 1 is 1.07 bits per heavy atom. The SMILES string of the molecule is Cc1ccc(S(=O)(=O)N2CCC(C(=O)N(C)C(C)c3ccc(Cl)cc3)CC2)cc1. The second kappa shape index (κ2) is 8.86. The zero-order chi connectivity index (χ0) is 21.2. The smallest absolute Gasteiger partial charge is 0.243 e. The van der Waals surface area contributed by atoms with E-state index in [4.69, 9.17) is 11.6 Å². The predicted octanol–water partition coefficient (Wildman–Crippen LogP) is 4.27. The molecular weight excluding hydrogens is 408 g/mol. The Balaban J connectivity index is 1.63. The van der Waals surface area contributed by atoms with Gasteiger partial charge in [-0.05, 0) is 56.5 Å².